The van der Waals surface area contributed by atoms with Crippen LogP contribution in [0.1, 0.15) is 12.5 Å². The molecular formula is C17H22N2O3S. The fraction of sp³-hybridized carbons (Fsp3) is 0.294. The first-order chi connectivity index (χ1) is 10.9. The number of nitrogens with one attached hydrogen (secondary N) is 2. The van der Waals surface area contributed by atoms with Crippen LogP contribution in [0, 0.1) is 0 Å². The molecule has 6 heteroatoms. The van der Waals surface area contributed by atoms with Crippen LogP contribution in [0.3, 0.4) is 0 Å². The number of hydrogen-bond acceptors (Lipinski definition) is 4. The molecule has 2 aromatic rings. The van der Waals surface area contributed by atoms with Gasteiger partial charge < -0.3 is 10.1 Å². The van der Waals surface area contributed by atoms with E-state index in [0.717, 1.165) is 19.3 Å². The molecule has 0 aliphatic rings. The number of benzene rings is 2. The maximum Gasteiger partial charge on any atom is 0.229 e. The number of rotatable bonds is 8. The summed E-state index contributed by atoms with van der Waals surface area (Å²) in [5.41, 5.74) is 1.76. The van der Waals surface area contributed by atoms with Crippen LogP contribution in [0.15, 0.2) is 54.6 Å². The topological polar surface area (TPSA) is 67.4 Å². The second-order valence-electron chi connectivity index (χ2n) is 5.44. The van der Waals surface area contributed by atoms with Crippen molar-refractivity contribution >= 4 is 15.7 Å². The molecule has 0 radical (unpaired) electrons. The van der Waals surface area contributed by atoms with Crippen LogP contribution in [0.25, 0.3) is 0 Å². The van der Waals surface area contributed by atoms with E-state index in [1.807, 2.05) is 25.1 Å². The van der Waals surface area contributed by atoms with E-state index >= 15 is 0 Å². The van der Waals surface area contributed by atoms with Crippen molar-refractivity contribution in [3.63, 3.8) is 0 Å². The molecule has 0 amide bonds. The molecule has 23 heavy (non-hydrogen) atoms. The van der Waals surface area contributed by atoms with Crippen LogP contribution in [0.2, 0.25) is 0 Å². The van der Waals surface area contributed by atoms with Crippen molar-refractivity contribution in [2.75, 3.05) is 17.5 Å². The highest BCUT2D eigenvalue weighted by atomic mass is 32.2. The average Bonchev–Trinajstić information content (AvgIpc) is 2.49. The number of anilines is 1. The zero-order chi connectivity index (χ0) is 16.7. The van der Waals surface area contributed by atoms with E-state index in [1.165, 1.54) is 5.56 Å². The molecule has 0 aromatic heterocycles. The lowest BCUT2D eigenvalue weighted by Crippen LogP contribution is -2.28. The first-order valence-electron chi connectivity index (χ1n) is 7.41. The molecule has 2 aromatic carbocycles. The van der Waals surface area contributed by atoms with E-state index in [2.05, 4.69) is 22.2 Å². The summed E-state index contributed by atoms with van der Waals surface area (Å²) in [5, 5.41) is 3.35. The lowest BCUT2D eigenvalue weighted by molar-refractivity contribution is 0.217. The van der Waals surface area contributed by atoms with Crippen molar-refractivity contribution in [1.29, 1.82) is 0 Å². The predicted octanol–water partition coefficient (Wildman–Crippen LogP) is 2.62. The maximum absolute atomic E-state index is 11.1. The van der Waals surface area contributed by atoms with Gasteiger partial charge in [0.2, 0.25) is 10.0 Å². The highest BCUT2D eigenvalue weighted by molar-refractivity contribution is 7.92. The predicted molar refractivity (Wildman–Crippen MR) is 93.1 cm³/mol. The van der Waals surface area contributed by atoms with Crippen LogP contribution in [-0.2, 0) is 16.6 Å². The fourth-order valence-corrected chi connectivity index (χ4v) is 2.67. The zero-order valence-electron chi connectivity index (χ0n) is 13.3. The summed E-state index contributed by atoms with van der Waals surface area (Å²) in [6.45, 7) is 3.50. The number of ether oxygens (including phenoxy) is 1. The second-order valence-corrected chi connectivity index (χ2v) is 7.19. The lowest BCUT2D eigenvalue weighted by Gasteiger charge is -2.16. The molecule has 0 aliphatic heterocycles. The molecule has 2 N–H and O–H groups in total. The van der Waals surface area contributed by atoms with Gasteiger partial charge in [-0.3, -0.25) is 4.72 Å². The molecule has 1 unspecified atom stereocenters. The monoisotopic (exact) mass is 334 g/mol. The molecule has 0 saturated carbocycles. The summed E-state index contributed by atoms with van der Waals surface area (Å²) in [4.78, 5) is 0. The van der Waals surface area contributed by atoms with Crippen molar-refractivity contribution < 1.29 is 13.2 Å². The van der Waals surface area contributed by atoms with Gasteiger partial charge >= 0.3 is 0 Å². The highest BCUT2D eigenvalue weighted by Crippen LogP contribution is 2.17. The third-order valence-corrected chi connectivity index (χ3v) is 3.71. The summed E-state index contributed by atoms with van der Waals surface area (Å²) in [7, 11) is -3.25. The lowest BCUT2D eigenvalue weighted by atomic mass is 10.2. The van der Waals surface area contributed by atoms with E-state index in [4.69, 9.17) is 4.74 Å². The Balaban J connectivity index is 1.77. The molecule has 124 valence electrons. The third kappa shape index (κ3) is 6.71. The first-order valence-corrected chi connectivity index (χ1v) is 9.31. The zero-order valence-corrected chi connectivity index (χ0v) is 14.1. The minimum absolute atomic E-state index is 0.00688. The molecule has 0 aliphatic carbocycles. The van der Waals surface area contributed by atoms with Crippen LogP contribution in [-0.4, -0.2) is 27.3 Å². The summed E-state index contributed by atoms with van der Waals surface area (Å²) in [6.07, 6.45) is 1.13. The highest BCUT2D eigenvalue weighted by Gasteiger charge is 2.05. The van der Waals surface area contributed by atoms with E-state index in [9.17, 15) is 8.42 Å². The number of hydrogen-bond donors (Lipinski definition) is 2. The van der Waals surface area contributed by atoms with Gasteiger partial charge in [-0.05, 0) is 36.8 Å². The molecular weight excluding hydrogens is 312 g/mol. The summed E-state index contributed by atoms with van der Waals surface area (Å²) in [6, 6.07) is 17.0. The maximum atomic E-state index is 11.1. The van der Waals surface area contributed by atoms with Crippen molar-refractivity contribution in [2.24, 2.45) is 0 Å². The van der Waals surface area contributed by atoms with E-state index in [-0.39, 0.29) is 6.10 Å². The molecule has 0 fully saturated rings. The molecule has 0 bridgehead atoms. The Morgan fingerprint density at radius 2 is 1.70 bits per heavy atom. The van der Waals surface area contributed by atoms with Crippen molar-refractivity contribution in [2.45, 2.75) is 19.6 Å². The van der Waals surface area contributed by atoms with Crippen molar-refractivity contribution in [3.05, 3.63) is 60.2 Å². The second kappa shape index (κ2) is 7.99. The minimum Gasteiger partial charge on any atom is -0.489 e. The molecule has 0 spiro atoms. The quantitative estimate of drug-likeness (QED) is 0.779. The molecule has 0 heterocycles. The van der Waals surface area contributed by atoms with Gasteiger partial charge in [-0.25, -0.2) is 8.42 Å². The van der Waals surface area contributed by atoms with E-state index in [1.54, 1.807) is 24.3 Å². The van der Waals surface area contributed by atoms with Gasteiger partial charge in [0.1, 0.15) is 11.9 Å². The fourth-order valence-electron chi connectivity index (χ4n) is 2.11. The Labute approximate surface area is 137 Å². The van der Waals surface area contributed by atoms with Gasteiger partial charge in [0.25, 0.3) is 0 Å². The van der Waals surface area contributed by atoms with Gasteiger partial charge in [0, 0.05) is 18.8 Å². The SMILES string of the molecule is CC(CNCc1ccccc1)Oc1ccc(NS(C)(=O)=O)cc1. The summed E-state index contributed by atoms with van der Waals surface area (Å²) >= 11 is 0. The summed E-state index contributed by atoms with van der Waals surface area (Å²) < 4.78 is 30.5. The Bertz CT molecular complexity index is 700. The summed E-state index contributed by atoms with van der Waals surface area (Å²) in [5.74, 6) is 0.707. The minimum atomic E-state index is -3.25. The Morgan fingerprint density at radius 3 is 2.30 bits per heavy atom. The van der Waals surface area contributed by atoms with Gasteiger partial charge in [-0.1, -0.05) is 30.3 Å². The van der Waals surface area contributed by atoms with E-state index in [0.29, 0.717) is 11.4 Å². The molecule has 0 saturated heterocycles. The average molecular weight is 334 g/mol. The Morgan fingerprint density at radius 1 is 1.04 bits per heavy atom. The van der Waals surface area contributed by atoms with Gasteiger partial charge in [0.15, 0.2) is 0 Å². The normalized spacial score (nSPS) is 12.6. The van der Waals surface area contributed by atoms with Crippen molar-refractivity contribution in [3.8, 4) is 5.75 Å². The first kappa shape index (κ1) is 17.3. The standard InChI is InChI=1S/C17H22N2O3S/c1-14(12-18-13-15-6-4-3-5-7-15)22-17-10-8-16(9-11-17)19-23(2,20)21/h3-11,14,18-19H,12-13H2,1-2H3. The van der Waals surface area contributed by atoms with Crippen LogP contribution < -0.4 is 14.8 Å². The largest absolute Gasteiger partial charge is 0.489 e. The molecule has 1 atom stereocenters. The molecule has 2 rings (SSSR count). The van der Waals surface area contributed by atoms with Crippen LogP contribution in [0.5, 0.6) is 5.75 Å². The molecule has 5 nitrogen and oxygen atoms in total. The van der Waals surface area contributed by atoms with Gasteiger partial charge in [0.05, 0.1) is 6.26 Å². The Hall–Kier alpha value is -2.05. The van der Waals surface area contributed by atoms with Crippen molar-refractivity contribution in [1.82, 2.24) is 5.32 Å². The third-order valence-electron chi connectivity index (χ3n) is 3.10. The van der Waals surface area contributed by atoms with Gasteiger partial charge in [-0.2, -0.15) is 0 Å². The Kier molecular flexibility index (Phi) is 6.01. The number of sulfonamides is 1. The van der Waals surface area contributed by atoms with Gasteiger partial charge in [-0.15, -0.1) is 0 Å². The van der Waals surface area contributed by atoms with E-state index < -0.39 is 10.0 Å². The van der Waals surface area contributed by atoms with Crippen LogP contribution >= 0.6 is 0 Å². The smallest absolute Gasteiger partial charge is 0.229 e. The van der Waals surface area contributed by atoms with Crippen LogP contribution in [0.4, 0.5) is 5.69 Å².